The van der Waals surface area contributed by atoms with Gasteiger partial charge in [-0.3, -0.25) is 4.79 Å². The summed E-state index contributed by atoms with van der Waals surface area (Å²) in [5.74, 6) is 1.58. The van der Waals surface area contributed by atoms with Crippen molar-refractivity contribution in [3.8, 4) is 0 Å². The standard InChI is InChI=1S/C23H30ClN7O/c1-16(2)26-14-19(17-4-6-18(24)7-5-17)23(32)31-12-10-30(11-13-31)22-20-21(27-15-28-22)25-8-9-29(20)3/h4-9,15-16,19,26H,10-14H2,1-3H3,(H,25,27,28)/t19-/m1/s1. The fourth-order valence-corrected chi connectivity index (χ4v) is 4.22. The highest BCUT2D eigenvalue weighted by atomic mass is 35.5. The molecule has 0 unspecified atom stereocenters. The Kier molecular flexibility index (Phi) is 6.81. The summed E-state index contributed by atoms with van der Waals surface area (Å²) in [7, 11) is 1.99. The molecule has 4 rings (SSSR count). The smallest absolute Gasteiger partial charge is 0.231 e. The molecule has 1 atom stereocenters. The first-order chi connectivity index (χ1) is 15.4. The van der Waals surface area contributed by atoms with Crippen molar-refractivity contribution in [2.45, 2.75) is 25.8 Å². The van der Waals surface area contributed by atoms with Gasteiger partial charge in [-0.25, -0.2) is 9.97 Å². The quantitative estimate of drug-likeness (QED) is 0.693. The Bertz CT molecular complexity index is 971. The lowest BCUT2D eigenvalue weighted by molar-refractivity contribution is -0.133. The monoisotopic (exact) mass is 455 g/mol. The van der Waals surface area contributed by atoms with Gasteiger partial charge in [-0.1, -0.05) is 37.6 Å². The predicted molar refractivity (Wildman–Crippen MR) is 129 cm³/mol. The third kappa shape index (κ3) is 4.81. The highest BCUT2D eigenvalue weighted by Gasteiger charge is 2.30. The van der Waals surface area contributed by atoms with Gasteiger partial charge in [-0.15, -0.1) is 0 Å². The Morgan fingerprint density at radius 1 is 1.16 bits per heavy atom. The first-order valence-electron chi connectivity index (χ1n) is 11.0. The molecule has 170 valence electrons. The maximum Gasteiger partial charge on any atom is 0.231 e. The van der Waals surface area contributed by atoms with Crippen molar-refractivity contribution in [1.82, 2.24) is 20.2 Å². The van der Waals surface area contributed by atoms with Crippen molar-refractivity contribution in [2.24, 2.45) is 0 Å². The number of aromatic nitrogens is 2. The van der Waals surface area contributed by atoms with Gasteiger partial charge in [-0.05, 0) is 17.7 Å². The van der Waals surface area contributed by atoms with Crippen LogP contribution >= 0.6 is 11.6 Å². The van der Waals surface area contributed by atoms with E-state index in [9.17, 15) is 4.79 Å². The number of hydrogen-bond acceptors (Lipinski definition) is 7. The maximum absolute atomic E-state index is 13.5. The van der Waals surface area contributed by atoms with E-state index in [1.54, 1.807) is 6.33 Å². The highest BCUT2D eigenvalue weighted by Crippen LogP contribution is 2.35. The fourth-order valence-electron chi connectivity index (χ4n) is 4.09. The number of benzene rings is 1. The first kappa shape index (κ1) is 22.4. The summed E-state index contributed by atoms with van der Waals surface area (Å²) in [6, 6.07) is 7.90. The number of piperazine rings is 1. The number of halogens is 1. The molecule has 8 nitrogen and oxygen atoms in total. The second-order valence-electron chi connectivity index (χ2n) is 8.44. The Hall–Kier alpha value is -2.84. The Labute approximate surface area is 194 Å². The molecule has 0 radical (unpaired) electrons. The van der Waals surface area contributed by atoms with E-state index in [0.29, 0.717) is 30.7 Å². The van der Waals surface area contributed by atoms with Crippen LogP contribution in [0.3, 0.4) is 0 Å². The van der Waals surface area contributed by atoms with Crippen molar-refractivity contribution >= 4 is 34.8 Å². The molecule has 2 N–H and O–H groups in total. The molecule has 2 aromatic rings. The summed E-state index contributed by atoms with van der Waals surface area (Å²) in [6.07, 6.45) is 5.39. The van der Waals surface area contributed by atoms with E-state index in [-0.39, 0.29) is 11.8 Å². The maximum atomic E-state index is 13.5. The van der Waals surface area contributed by atoms with Gasteiger partial charge < -0.3 is 25.3 Å². The number of nitrogens with one attached hydrogen (secondary N) is 2. The van der Waals surface area contributed by atoms with E-state index in [4.69, 9.17) is 11.6 Å². The van der Waals surface area contributed by atoms with Gasteiger partial charge in [0, 0.05) is 63.2 Å². The number of nitrogens with zero attached hydrogens (tertiary/aromatic N) is 5. The molecule has 0 spiro atoms. The van der Waals surface area contributed by atoms with Crippen LogP contribution in [0.5, 0.6) is 0 Å². The van der Waals surface area contributed by atoms with Crippen LogP contribution in [0.15, 0.2) is 43.0 Å². The number of carbonyl (C=O) groups excluding carboxylic acids is 1. The van der Waals surface area contributed by atoms with Crippen molar-refractivity contribution < 1.29 is 4.79 Å². The molecule has 1 aromatic carbocycles. The van der Waals surface area contributed by atoms with Crippen molar-refractivity contribution in [2.75, 3.05) is 54.9 Å². The lowest BCUT2D eigenvalue weighted by Crippen LogP contribution is -2.51. The van der Waals surface area contributed by atoms with E-state index in [2.05, 4.69) is 39.3 Å². The van der Waals surface area contributed by atoms with Crippen molar-refractivity contribution in [1.29, 1.82) is 0 Å². The van der Waals surface area contributed by atoms with Crippen LogP contribution in [0.4, 0.5) is 17.3 Å². The van der Waals surface area contributed by atoms with Gasteiger partial charge in [0.05, 0.1) is 5.92 Å². The van der Waals surface area contributed by atoms with Crippen LogP contribution in [0.2, 0.25) is 5.02 Å². The summed E-state index contributed by atoms with van der Waals surface area (Å²) >= 11 is 6.07. The molecular formula is C23H30ClN7O. The average molecular weight is 456 g/mol. The van der Waals surface area contributed by atoms with Gasteiger partial charge in [0.25, 0.3) is 0 Å². The summed E-state index contributed by atoms with van der Waals surface area (Å²) < 4.78 is 0. The van der Waals surface area contributed by atoms with Gasteiger partial charge in [0.2, 0.25) is 5.91 Å². The summed E-state index contributed by atoms with van der Waals surface area (Å²) in [5, 5.41) is 7.28. The zero-order valence-corrected chi connectivity index (χ0v) is 19.5. The molecule has 0 bridgehead atoms. The van der Waals surface area contributed by atoms with Crippen molar-refractivity contribution in [3.63, 3.8) is 0 Å². The second-order valence-corrected chi connectivity index (χ2v) is 8.88. The Balaban J connectivity index is 1.47. The normalized spacial score (nSPS) is 16.7. The number of hydrogen-bond donors (Lipinski definition) is 2. The summed E-state index contributed by atoms with van der Waals surface area (Å²) in [6.45, 7) is 7.51. The summed E-state index contributed by atoms with van der Waals surface area (Å²) in [4.78, 5) is 28.6. The van der Waals surface area contributed by atoms with E-state index in [0.717, 1.165) is 36.0 Å². The average Bonchev–Trinajstić information content (AvgIpc) is 2.80. The number of anilines is 3. The summed E-state index contributed by atoms with van der Waals surface area (Å²) in [5.41, 5.74) is 1.94. The highest BCUT2D eigenvalue weighted by molar-refractivity contribution is 6.30. The Morgan fingerprint density at radius 3 is 2.56 bits per heavy atom. The van der Waals surface area contributed by atoms with E-state index < -0.39 is 0 Å². The molecule has 2 aliphatic rings. The number of fused-ring (bicyclic) bond motifs is 1. The zero-order valence-electron chi connectivity index (χ0n) is 18.8. The molecule has 1 fully saturated rings. The molecule has 0 saturated carbocycles. The minimum Gasteiger partial charge on any atom is -0.351 e. The predicted octanol–water partition coefficient (Wildman–Crippen LogP) is 2.89. The van der Waals surface area contributed by atoms with Gasteiger partial charge in [-0.2, -0.15) is 0 Å². The molecule has 3 heterocycles. The van der Waals surface area contributed by atoms with Gasteiger partial charge >= 0.3 is 0 Å². The molecular weight excluding hydrogens is 426 g/mol. The fraction of sp³-hybridized carbons (Fsp3) is 0.435. The largest absolute Gasteiger partial charge is 0.351 e. The van der Waals surface area contributed by atoms with Crippen LogP contribution < -0.4 is 20.4 Å². The minimum atomic E-state index is -0.242. The lowest BCUT2D eigenvalue weighted by atomic mass is 9.96. The first-order valence-corrected chi connectivity index (χ1v) is 11.4. The van der Waals surface area contributed by atoms with Gasteiger partial charge in [0.1, 0.15) is 12.0 Å². The van der Waals surface area contributed by atoms with E-state index in [1.807, 2.05) is 53.5 Å². The van der Waals surface area contributed by atoms with Crippen molar-refractivity contribution in [3.05, 3.63) is 53.6 Å². The lowest BCUT2D eigenvalue weighted by Gasteiger charge is -2.38. The topological polar surface area (TPSA) is 76.6 Å². The molecule has 1 amide bonds. The molecule has 32 heavy (non-hydrogen) atoms. The van der Waals surface area contributed by atoms with Crippen LogP contribution in [-0.4, -0.2) is 66.6 Å². The zero-order chi connectivity index (χ0) is 22.7. The third-order valence-electron chi connectivity index (χ3n) is 5.87. The molecule has 9 heteroatoms. The minimum absolute atomic E-state index is 0.145. The number of rotatable bonds is 6. The molecule has 2 aliphatic heterocycles. The van der Waals surface area contributed by atoms with Crippen LogP contribution in [0, 0.1) is 0 Å². The van der Waals surface area contributed by atoms with Crippen LogP contribution in [0.1, 0.15) is 25.3 Å². The SMILES string of the molecule is CC(C)NC[C@@H](C(=O)N1CCN(c2ncnc3c2N(C)C=CN3)CC1)c1ccc(Cl)cc1. The molecule has 1 saturated heterocycles. The Morgan fingerprint density at radius 2 is 1.88 bits per heavy atom. The van der Waals surface area contributed by atoms with E-state index in [1.165, 1.54) is 0 Å². The van der Waals surface area contributed by atoms with Crippen LogP contribution in [-0.2, 0) is 4.79 Å². The van der Waals surface area contributed by atoms with Gasteiger partial charge in [0.15, 0.2) is 11.6 Å². The molecule has 1 aromatic heterocycles. The second kappa shape index (κ2) is 9.75. The van der Waals surface area contributed by atoms with E-state index >= 15 is 0 Å². The molecule has 0 aliphatic carbocycles. The number of amides is 1. The number of carbonyl (C=O) groups is 1. The van der Waals surface area contributed by atoms with Crippen LogP contribution in [0.25, 0.3) is 0 Å². The third-order valence-corrected chi connectivity index (χ3v) is 6.12.